The minimum Gasteiger partial charge on any atom is -0.363 e. The van der Waals surface area contributed by atoms with Gasteiger partial charge in [0.15, 0.2) is 5.01 Å². The average Bonchev–Trinajstić information content (AvgIpc) is 2.86. The van der Waals surface area contributed by atoms with Crippen molar-refractivity contribution in [3.05, 3.63) is 28.2 Å². The van der Waals surface area contributed by atoms with E-state index in [1.54, 1.807) is 7.05 Å². The maximum absolute atomic E-state index is 12.7. The molecule has 0 saturated heterocycles. The molecular formula is C14H20N4OS. The predicted octanol–water partition coefficient (Wildman–Crippen LogP) is 3.11. The highest BCUT2D eigenvalue weighted by Gasteiger charge is 2.17. The highest BCUT2D eigenvalue weighted by atomic mass is 32.1. The van der Waals surface area contributed by atoms with Gasteiger partial charge in [-0.05, 0) is 31.9 Å². The molecule has 0 aliphatic rings. The number of hydrogen-bond donors (Lipinski definition) is 1. The van der Waals surface area contributed by atoms with Crippen LogP contribution in [-0.4, -0.2) is 21.8 Å². The zero-order valence-corrected chi connectivity index (χ0v) is 13.3. The Balaban J connectivity index is 2.62. The van der Waals surface area contributed by atoms with Crippen molar-refractivity contribution < 1.29 is 0 Å². The van der Waals surface area contributed by atoms with Crippen molar-refractivity contribution in [2.24, 2.45) is 0 Å². The van der Waals surface area contributed by atoms with Crippen molar-refractivity contribution in [3.8, 4) is 10.6 Å². The van der Waals surface area contributed by atoms with E-state index in [4.69, 9.17) is 0 Å². The molecule has 1 N–H and O–H groups in total. The van der Waals surface area contributed by atoms with Gasteiger partial charge in [-0.15, -0.1) is 10.2 Å². The Hall–Kier alpha value is -1.69. The van der Waals surface area contributed by atoms with Crippen LogP contribution in [0.4, 0.5) is 5.13 Å². The number of rotatable bonds is 4. The monoisotopic (exact) mass is 292 g/mol. The summed E-state index contributed by atoms with van der Waals surface area (Å²) in [7, 11) is 1.79. The summed E-state index contributed by atoms with van der Waals surface area (Å²) in [5, 5.41) is 12.4. The van der Waals surface area contributed by atoms with Crippen LogP contribution in [0.15, 0.2) is 16.9 Å². The molecule has 6 heteroatoms. The first kappa shape index (κ1) is 14.7. The molecule has 2 aromatic heterocycles. The third-order valence-electron chi connectivity index (χ3n) is 3.13. The minimum absolute atomic E-state index is 0.00463. The first-order valence-corrected chi connectivity index (χ1v) is 7.54. The average molecular weight is 292 g/mol. The summed E-state index contributed by atoms with van der Waals surface area (Å²) in [5.41, 5.74) is 1.67. The molecule has 0 bridgehead atoms. The van der Waals surface area contributed by atoms with E-state index >= 15 is 0 Å². The van der Waals surface area contributed by atoms with Gasteiger partial charge in [0.1, 0.15) is 0 Å². The molecule has 2 rings (SSSR count). The summed E-state index contributed by atoms with van der Waals surface area (Å²) >= 11 is 1.39. The van der Waals surface area contributed by atoms with E-state index in [1.165, 1.54) is 11.3 Å². The SMILES string of the molecule is CNc1nnc(-c2ccc(C(C)C)n(C(C)C)c2=O)s1. The van der Waals surface area contributed by atoms with Crippen LogP contribution in [0.1, 0.15) is 45.3 Å². The molecule has 0 fully saturated rings. The molecule has 0 aliphatic heterocycles. The number of nitrogens with one attached hydrogen (secondary N) is 1. The van der Waals surface area contributed by atoms with Crippen LogP contribution in [0.5, 0.6) is 0 Å². The molecule has 0 unspecified atom stereocenters. The van der Waals surface area contributed by atoms with Crippen LogP contribution in [-0.2, 0) is 0 Å². The molecular weight excluding hydrogens is 272 g/mol. The third kappa shape index (κ3) is 2.60. The van der Waals surface area contributed by atoms with E-state index < -0.39 is 0 Å². The molecule has 0 spiro atoms. The number of hydrogen-bond acceptors (Lipinski definition) is 5. The Kier molecular flexibility index (Phi) is 4.23. The maximum Gasteiger partial charge on any atom is 0.261 e. The molecule has 20 heavy (non-hydrogen) atoms. The van der Waals surface area contributed by atoms with Gasteiger partial charge in [0.25, 0.3) is 5.56 Å². The molecule has 0 atom stereocenters. The van der Waals surface area contributed by atoms with Gasteiger partial charge in [-0.3, -0.25) is 4.79 Å². The maximum atomic E-state index is 12.7. The van der Waals surface area contributed by atoms with Crippen LogP contribution in [0.3, 0.4) is 0 Å². The van der Waals surface area contributed by atoms with Gasteiger partial charge < -0.3 is 9.88 Å². The second-order valence-electron chi connectivity index (χ2n) is 5.26. The third-order valence-corrected chi connectivity index (χ3v) is 4.10. The predicted molar refractivity (Wildman–Crippen MR) is 83.6 cm³/mol. The Morgan fingerprint density at radius 2 is 1.90 bits per heavy atom. The second kappa shape index (κ2) is 5.75. The smallest absolute Gasteiger partial charge is 0.261 e. The van der Waals surface area contributed by atoms with Crippen molar-refractivity contribution >= 4 is 16.5 Å². The Morgan fingerprint density at radius 3 is 2.40 bits per heavy atom. The quantitative estimate of drug-likeness (QED) is 0.940. The molecule has 2 heterocycles. The Morgan fingerprint density at radius 1 is 1.20 bits per heavy atom. The van der Waals surface area contributed by atoms with E-state index in [0.717, 1.165) is 5.69 Å². The first-order valence-electron chi connectivity index (χ1n) is 6.72. The van der Waals surface area contributed by atoms with Gasteiger partial charge in [-0.1, -0.05) is 25.2 Å². The minimum atomic E-state index is 0.00463. The topological polar surface area (TPSA) is 59.8 Å². The fraction of sp³-hybridized carbons (Fsp3) is 0.500. The van der Waals surface area contributed by atoms with Gasteiger partial charge in [0.2, 0.25) is 5.13 Å². The largest absolute Gasteiger partial charge is 0.363 e. The summed E-state index contributed by atoms with van der Waals surface area (Å²) in [5.74, 6) is 0.307. The lowest BCUT2D eigenvalue weighted by Gasteiger charge is -2.19. The van der Waals surface area contributed by atoms with Crippen LogP contribution >= 0.6 is 11.3 Å². The molecule has 0 aliphatic carbocycles. The molecule has 5 nitrogen and oxygen atoms in total. The molecule has 0 aromatic carbocycles. The van der Waals surface area contributed by atoms with E-state index in [1.807, 2.05) is 30.5 Å². The zero-order valence-electron chi connectivity index (χ0n) is 12.5. The fourth-order valence-corrected chi connectivity index (χ4v) is 2.88. The van der Waals surface area contributed by atoms with Gasteiger partial charge in [0, 0.05) is 18.8 Å². The van der Waals surface area contributed by atoms with E-state index in [-0.39, 0.29) is 11.6 Å². The number of pyridine rings is 1. The summed E-state index contributed by atoms with van der Waals surface area (Å²) in [6, 6.07) is 4.00. The van der Waals surface area contributed by atoms with Crippen LogP contribution < -0.4 is 10.9 Å². The van der Waals surface area contributed by atoms with Crippen LogP contribution in [0, 0.1) is 0 Å². The van der Waals surface area contributed by atoms with Crippen molar-refractivity contribution in [2.45, 2.75) is 39.7 Å². The van der Waals surface area contributed by atoms with Gasteiger partial charge in [-0.2, -0.15) is 0 Å². The highest BCUT2D eigenvalue weighted by molar-refractivity contribution is 7.18. The molecule has 2 aromatic rings. The Bertz CT molecular complexity index is 657. The standard InChI is InChI=1S/C14H20N4OS/c1-8(2)11-7-6-10(13(19)18(11)9(3)4)12-16-17-14(15-5)20-12/h6-9H,1-5H3,(H,15,17). The molecule has 0 amide bonds. The number of nitrogens with zero attached hydrogens (tertiary/aromatic N) is 3. The van der Waals surface area contributed by atoms with Gasteiger partial charge in [0.05, 0.1) is 5.56 Å². The first-order chi connectivity index (χ1) is 9.45. The lowest BCUT2D eigenvalue weighted by Crippen LogP contribution is -2.27. The van der Waals surface area contributed by atoms with E-state index in [0.29, 0.717) is 21.6 Å². The molecule has 108 valence electrons. The van der Waals surface area contributed by atoms with Crippen molar-refractivity contribution in [3.63, 3.8) is 0 Å². The fourth-order valence-electron chi connectivity index (χ4n) is 2.17. The second-order valence-corrected chi connectivity index (χ2v) is 6.24. The lowest BCUT2D eigenvalue weighted by atomic mass is 10.1. The van der Waals surface area contributed by atoms with Crippen molar-refractivity contribution in [1.82, 2.24) is 14.8 Å². The van der Waals surface area contributed by atoms with Gasteiger partial charge >= 0.3 is 0 Å². The van der Waals surface area contributed by atoms with Crippen molar-refractivity contribution in [2.75, 3.05) is 12.4 Å². The van der Waals surface area contributed by atoms with E-state index in [9.17, 15) is 4.79 Å². The number of aromatic nitrogens is 3. The summed E-state index contributed by atoms with van der Waals surface area (Å²) in [6.45, 7) is 8.24. The van der Waals surface area contributed by atoms with Crippen LogP contribution in [0.25, 0.3) is 10.6 Å². The molecule has 0 saturated carbocycles. The van der Waals surface area contributed by atoms with Crippen molar-refractivity contribution in [1.29, 1.82) is 0 Å². The summed E-state index contributed by atoms with van der Waals surface area (Å²) in [4.78, 5) is 12.7. The normalized spacial score (nSPS) is 11.3. The van der Waals surface area contributed by atoms with Gasteiger partial charge in [-0.25, -0.2) is 0 Å². The summed E-state index contributed by atoms with van der Waals surface area (Å²) < 4.78 is 1.85. The summed E-state index contributed by atoms with van der Waals surface area (Å²) in [6.07, 6.45) is 0. The Labute approximate surface area is 122 Å². The van der Waals surface area contributed by atoms with Crippen LogP contribution in [0.2, 0.25) is 0 Å². The highest BCUT2D eigenvalue weighted by Crippen LogP contribution is 2.25. The van der Waals surface area contributed by atoms with E-state index in [2.05, 4.69) is 29.4 Å². The molecule has 0 radical (unpaired) electrons. The number of anilines is 1. The zero-order chi connectivity index (χ0) is 14.9. The lowest BCUT2D eigenvalue weighted by molar-refractivity contribution is 0.536.